The lowest BCUT2D eigenvalue weighted by Gasteiger charge is -2.12. The largest absolute Gasteiger partial charge is 0.497 e. The van der Waals surface area contributed by atoms with Gasteiger partial charge in [0, 0.05) is 11.8 Å². The van der Waals surface area contributed by atoms with E-state index in [2.05, 4.69) is 4.99 Å². The first-order valence-electron chi connectivity index (χ1n) is 6.70. The molecule has 22 heavy (non-hydrogen) atoms. The predicted molar refractivity (Wildman–Crippen MR) is 86.3 cm³/mol. The van der Waals surface area contributed by atoms with Crippen LogP contribution in [-0.4, -0.2) is 34.7 Å². The first-order chi connectivity index (χ1) is 10.7. The van der Waals surface area contributed by atoms with Gasteiger partial charge in [-0.05, 0) is 36.4 Å². The normalized spacial score (nSPS) is 10.5. The average molecular weight is 301 g/mol. The van der Waals surface area contributed by atoms with Gasteiger partial charge in [-0.1, -0.05) is 0 Å². The molecule has 0 aliphatic heterocycles. The molecule has 0 bridgehead atoms. The number of ether oxygens (including phenoxy) is 4. The summed E-state index contributed by atoms with van der Waals surface area (Å²) in [6, 6.07) is 11.2. The standard InChI is InChI=1S/C17H19NO4/c1-19-14-7-5-13(6-8-14)18-11-12-9-15(20-2)17(22-4)16(10-12)21-3/h5-11H,1-4H3. The van der Waals surface area contributed by atoms with E-state index in [4.69, 9.17) is 18.9 Å². The Kier molecular flexibility index (Phi) is 5.25. The van der Waals surface area contributed by atoms with E-state index >= 15 is 0 Å². The number of hydrogen-bond donors (Lipinski definition) is 0. The second-order valence-corrected chi connectivity index (χ2v) is 4.41. The van der Waals surface area contributed by atoms with Crippen molar-refractivity contribution in [3.63, 3.8) is 0 Å². The Morgan fingerprint density at radius 1 is 0.773 bits per heavy atom. The molecule has 0 N–H and O–H groups in total. The number of benzene rings is 2. The third-order valence-electron chi connectivity index (χ3n) is 3.12. The van der Waals surface area contributed by atoms with Gasteiger partial charge in [0.15, 0.2) is 11.5 Å². The Balaban J connectivity index is 2.29. The first kappa shape index (κ1) is 15.7. The van der Waals surface area contributed by atoms with Gasteiger partial charge in [-0.25, -0.2) is 0 Å². The highest BCUT2D eigenvalue weighted by Gasteiger charge is 2.12. The summed E-state index contributed by atoms with van der Waals surface area (Å²) >= 11 is 0. The van der Waals surface area contributed by atoms with Crippen LogP contribution in [-0.2, 0) is 0 Å². The van der Waals surface area contributed by atoms with Gasteiger partial charge in [0.2, 0.25) is 5.75 Å². The molecule has 0 saturated carbocycles. The molecular formula is C17H19NO4. The van der Waals surface area contributed by atoms with Gasteiger partial charge in [-0.3, -0.25) is 4.99 Å². The number of rotatable bonds is 6. The molecule has 5 heteroatoms. The molecule has 2 aromatic rings. The van der Waals surface area contributed by atoms with E-state index < -0.39 is 0 Å². The lowest BCUT2D eigenvalue weighted by molar-refractivity contribution is 0.324. The van der Waals surface area contributed by atoms with E-state index in [-0.39, 0.29) is 0 Å². The van der Waals surface area contributed by atoms with Gasteiger partial charge in [-0.15, -0.1) is 0 Å². The Labute approximate surface area is 130 Å². The molecule has 0 saturated heterocycles. The van der Waals surface area contributed by atoms with Crippen LogP contribution < -0.4 is 18.9 Å². The van der Waals surface area contributed by atoms with E-state index in [0.29, 0.717) is 17.2 Å². The molecule has 116 valence electrons. The fourth-order valence-electron chi connectivity index (χ4n) is 1.99. The van der Waals surface area contributed by atoms with Crippen LogP contribution >= 0.6 is 0 Å². The van der Waals surface area contributed by atoms with Crippen molar-refractivity contribution in [1.82, 2.24) is 0 Å². The van der Waals surface area contributed by atoms with Crippen molar-refractivity contribution in [2.75, 3.05) is 28.4 Å². The Bertz CT molecular complexity index is 625. The topological polar surface area (TPSA) is 49.3 Å². The molecule has 0 unspecified atom stereocenters. The third-order valence-corrected chi connectivity index (χ3v) is 3.12. The summed E-state index contributed by atoms with van der Waals surface area (Å²) in [6.45, 7) is 0. The first-order valence-corrected chi connectivity index (χ1v) is 6.70. The number of methoxy groups -OCH3 is 4. The highest BCUT2D eigenvalue weighted by Crippen LogP contribution is 2.37. The summed E-state index contributed by atoms with van der Waals surface area (Å²) in [7, 11) is 6.38. The maximum absolute atomic E-state index is 5.32. The fourth-order valence-corrected chi connectivity index (χ4v) is 1.99. The van der Waals surface area contributed by atoms with Crippen molar-refractivity contribution in [1.29, 1.82) is 0 Å². The van der Waals surface area contributed by atoms with Crippen LogP contribution in [0.4, 0.5) is 5.69 Å². The van der Waals surface area contributed by atoms with E-state index in [1.165, 1.54) is 0 Å². The smallest absolute Gasteiger partial charge is 0.203 e. The Hall–Kier alpha value is -2.69. The van der Waals surface area contributed by atoms with Crippen molar-refractivity contribution in [3.05, 3.63) is 42.0 Å². The Morgan fingerprint density at radius 2 is 1.36 bits per heavy atom. The van der Waals surface area contributed by atoms with E-state index in [0.717, 1.165) is 17.0 Å². The quantitative estimate of drug-likeness (QED) is 0.767. The minimum atomic E-state index is 0.562. The summed E-state index contributed by atoms with van der Waals surface area (Å²) in [5, 5.41) is 0. The van der Waals surface area contributed by atoms with Crippen molar-refractivity contribution in [2.24, 2.45) is 4.99 Å². The van der Waals surface area contributed by atoms with Crippen LogP contribution in [0.3, 0.4) is 0 Å². The van der Waals surface area contributed by atoms with Crippen LogP contribution in [0.1, 0.15) is 5.56 Å². The summed E-state index contributed by atoms with van der Waals surface area (Å²) in [5.41, 5.74) is 1.68. The predicted octanol–water partition coefficient (Wildman–Crippen LogP) is 3.47. The third kappa shape index (κ3) is 3.49. The average Bonchev–Trinajstić information content (AvgIpc) is 2.59. The number of nitrogens with zero attached hydrogens (tertiary/aromatic N) is 1. The highest BCUT2D eigenvalue weighted by atomic mass is 16.5. The van der Waals surface area contributed by atoms with Crippen LogP contribution in [0, 0.1) is 0 Å². The van der Waals surface area contributed by atoms with E-state index in [1.54, 1.807) is 34.7 Å². The van der Waals surface area contributed by atoms with Gasteiger partial charge in [-0.2, -0.15) is 0 Å². The molecule has 0 aliphatic carbocycles. The van der Waals surface area contributed by atoms with Crippen LogP contribution in [0.5, 0.6) is 23.0 Å². The maximum atomic E-state index is 5.32. The molecule has 5 nitrogen and oxygen atoms in total. The molecule has 0 atom stereocenters. The summed E-state index contributed by atoms with van der Waals surface area (Å²) in [6.07, 6.45) is 1.74. The fraction of sp³-hybridized carbons (Fsp3) is 0.235. The molecule has 2 aromatic carbocycles. The summed E-state index contributed by atoms with van der Waals surface area (Å²) in [4.78, 5) is 4.43. The molecular weight excluding hydrogens is 282 g/mol. The van der Waals surface area contributed by atoms with Crippen LogP contribution in [0.25, 0.3) is 0 Å². The molecule has 0 radical (unpaired) electrons. The van der Waals surface area contributed by atoms with Gasteiger partial charge in [0.1, 0.15) is 5.75 Å². The van der Waals surface area contributed by atoms with E-state index in [9.17, 15) is 0 Å². The molecule has 0 aliphatic rings. The molecule has 0 aromatic heterocycles. The zero-order valence-electron chi connectivity index (χ0n) is 13.1. The summed E-state index contributed by atoms with van der Waals surface area (Å²) in [5.74, 6) is 2.55. The maximum Gasteiger partial charge on any atom is 0.203 e. The van der Waals surface area contributed by atoms with Crippen molar-refractivity contribution in [2.45, 2.75) is 0 Å². The number of aliphatic imine (C=N–C) groups is 1. The minimum absolute atomic E-state index is 0.562. The van der Waals surface area contributed by atoms with Crippen LogP contribution in [0.15, 0.2) is 41.4 Å². The second kappa shape index (κ2) is 7.36. The van der Waals surface area contributed by atoms with Gasteiger partial charge >= 0.3 is 0 Å². The molecule has 0 fully saturated rings. The zero-order valence-corrected chi connectivity index (χ0v) is 13.1. The van der Waals surface area contributed by atoms with Gasteiger partial charge in [0.05, 0.1) is 34.1 Å². The van der Waals surface area contributed by atoms with Crippen molar-refractivity contribution in [3.8, 4) is 23.0 Å². The highest BCUT2D eigenvalue weighted by molar-refractivity contribution is 5.84. The Morgan fingerprint density at radius 3 is 1.82 bits per heavy atom. The van der Waals surface area contributed by atoms with Gasteiger partial charge < -0.3 is 18.9 Å². The molecule has 0 heterocycles. The lowest BCUT2D eigenvalue weighted by Crippen LogP contribution is -1.96. The van der Waals surface area contributed by atoms with Crippen LogP contribution in [0.2, 0.25) is 0 Å². The SMILES string of the molecule is COc1ccc(N=Cc2cc(OC)c(OC)c(OC)c2)cc1. The molecule has 0 spiro atoms. The number of hydrogen-bond acceptors (Lipinski definition) is 5. The minimum Gasteiger partial charge on any atom is -0.497 e. The van der Waals surface area contributed by atoms with Crippen molar-refractivity contribution >= 4 is 11.9 Å². The second-order valence-electron chi connectivity index (χ2n) is 4.41. The lowest BCUT2D eigenvalue weighted by atomic mass is 10.2. The molecule has 0 amide bonds. The molecule has 2 rings (SSSR count). The monoisotopic (exact) mass is 301 g/mol. The summed E-state index contributed by atoms with van der Waals surface area (Å²) < 4.78 is 21.0. The van der Waals surface area contributed by atoms with E-state index in [1.807, 2.05) is 36.4 Å². The zero-order chi connectivity index (χ0) is 15.9. The van der Waals surface area contributed by atoms with Gasteiger partial charge in [0.25, 0.3) is 0 Å². The van der Waals surface area contributed by atoms with Crippen molar-refractivity contribution < 1.29 is 18.9 Å².